The van der Waals surface area contributed by atoms with E-state index in [-0.39, 0.29) is 3.80 Å². The van der Waals surface area contributed by atoms with Gasteiger partial charge in [0.25, 0.3) is 0 Å². The molecule has 0 spiro atoms. The molecule has 0 aliphatic heterocycles. The molecule has 0 atom stereocenters. The summed E-state index contributed by atoms with van der Waals surface area (Å²) in [6.07, 6.45) is 0. The minimum atomic E-state index is -3.92. The second-order valence-corrected chi connectivity index (χ2v) is 21.6. The number of hydrogen-bond donors (Lipinski definition) is 0. The fourth-order valence-electron chi connectivity index (χ4n) is 0.753. The van der Waals surface area contributed by atoms with Gasteiger partial charge in [-0.2, -0.15) is 0 Å². The molecule has 0 unspecified atom stereocenters. The maximum atomic E-state index is 11.4. The summed E-state index contributed by atoms with van der Waals surface area (Å²) in [7, 11) is 16.8. The van der Waals surface area contributed by atoms with Crippen LogP contribution in [-0.4, -0.2) is 18.8 Å². The first kappa shape index (κ1) is 10.6. The Morgan fingerprint density at radius 3 is 2.00 bits per heavy atom. The molecule has 0 aromatic heterocycles. The van der Waals surface area contributed by atoms with E-state index in [0.29, 0.717) is 5.56 Å². The summed E-state index contributed by atoms with van der Waals surface area (Å²) in [5.74, 6) is 0. The minimum absolute atomic E-state index is 0.296. The van der Waals surface area contributed by atoms with Crippen LogP contribution in [-0.2, 0) is 0 Å². The van der Waals surface area contributed by atoms with E-state index in [1.807, 2.05) is 6.07 Å². The monoisotopic (exact) mass is 330 g/mol. The molecule has 0 fully saturated rings. The van der Waals surface area contributed by atoms with Gasteiger partial charge in [0, 0.05) is 0 Å². The van der Waals surface area contributed by atoms with Crippen molar-refractivity contribution in [2.24, 2.45) is 0 Å². The fraction of sp³-hybridized carbons (Fsp3) is 0. The van der Waals surface area contributed by atoms with Gasteiger partial charge in [0.1, 0.15) is 0 Å². The summed E-state index contributed by atoms with van der Waals surface area (Å²) in [5.41, 5.74) is 0.494. The third-order valence-electron chi connectivity index (χ3n) is 1.29. The van der Waals surface area contributed by atoms with Crippen LogP contribution in [0.2, 0.25) is 0 Å². The van der Waals surface area contributed by atoms with Gasteiger partial charge in [-0.1, -0.05) is 0 Å². The standard InChI is InChI=1S/C7H5O.3ClH.Sn/c8-6-7-4-2-1-3-5-7;;;;/h1-5H;3*1H;/q;;;;+3/p-3. The summed E-state index contributed by atoms with van der Waals surface area (Å²) in [6, 6.07) is 8.61. The molecule has 0 saturated carbocycles. The Morgan fingerprint density at radius 2 is 1.58 bits per heavy atom. The number of rotatable bonds is 2. The Hall–Kier alpha value is 0.559. The van der Waals surface area contributed by atoms with E-state index in [1.165, 1.54) is 0 Å². The number of carbonyl (C=O) groups is 1. The van der Waals surface area contributed by atoms with Crippen molar-refractivity contribution >= 4 is 45.6 Å². The van der Waals surface area contributed by atoms with E-state index in [0.717, 1.165) is 0 Å². The first-order valence-electron chi connectivity index (χ1n) is 3.18. The van der Waals surface area contributed by atoms with Crippen molar-refractivity contribution < 1.29 is 4.79 Å². The molecule has 1 aromatic carbocycles. The molecule has 0 aliphatic carbocycles. The van der Waals surface area contributed by atoms with E-state index in [9.17, 15) is 4.79 Å². The molecule has 0 N–H and O–H groups in total. The third kappa shape index (κ3) is 2.80. The van der Waals surface area contributed by atoms with Crippen LogP contribution in [0.15, 0.2) is 30.3 Å². The van der Waals surface area contributed by atoms with Crippen molar-refractivity contribution in [3.63, 3.8) is 0 Å². The zero-order valence-corrected chi connectivity index (χ0v) is 11.1. The zero-order valence-electron chi connectivity index (χ0n) is 5.93. The molecular weight excluding hydrogens is 325 g/mol. The van der Waals surface area contributed by atoms with Crippen molar-refractivity contribution in [1.82, 2.24) is 0 Å². The summed E-state index contributed by atoms with van der Waals surface area (Å²) in [6.45, 7) is 0. The van der Waals surface area contributed by atoms with E-state index < -0.39 is 15.0 Å². The molecule has 0 saturated heterocycles. The van der Waals surface area contributed by atoms with Gasteiger partial charge in [0.05, 0.1) is 0 Å². The van der Waals surface area contributed by atoms with Crippen molar-refractivity contribution in [1.29, 1.82) is 0 Å². The van der Waals surface area contributed by atoms with E-state index in [2.05, 4.69) is 0 Å². The van der Waals surface area contributed by atoms with Crippen LogP contribution in [0, 0.1) is 0 Å². The van der Waals surface area contributed by atoms with E-state index >= 15 is 0 Å². The Labute approximate surface area is 85.6 Å². The predicted molar refractivity (Wildman–Crippen MR) is 54.1 cm³/mol. The number of hydrogen-bond acceptors (Lipinski definition) is 1. The summed E-state index contributed by atoms with van der Waals surface area (Å²) in [5, 5.41) is 0. The predicted octanol–water partition coefficient (Wildman–Crippen LogP) is 3.06. The SMILES string of the molecule is O=[C](c1ccccc1)[Sn]([Cl])([Cl])[Cl]. The molecular formula is C7H5Cl3OSn. The van der Waals surface area contributed by atoms with Gasteiger partial charge in [0.15, 0.2) is 0 Å². The summed E-state index contributed by atoms with van der Waals surface area (Å²) >= 11 is -3.92. The zero-order chi connectivity index (χ0) is 9.19. The van der Waals surface area contributed by atoms with Crippen LogP contribution in [0.3, 0.4) is 0 Å². The van der Waals surface area contributed by atoms with Gasteiger partial charge in [-0.05, 0) is 0 Å². The molecule has 0 amide bonds. The van der Waals surface area contributed by atoms with Crippen molar-refractivity contribution in [2.45, 2.75) is 0 Å². The van der Waals surface area contributed by atoms with Gasteiger partial charge in [-0.25, -0.2) is 0 Å². The van der Waals surface area contributed by atoms with Crippen LogP contribution in [0.4, 0.5) is 0 Å². The second-order valence-electron chi connectivity index (χ2n) is 2.19. The van der Waals surface area contributed by atoms with Gasteiger partial charge in [0.2, 0.25) is 0 Å². The molecule has 64 valence electrons. The normalized spacial score (nSPS) is 11.2. The number of carbonyl (C=O) groups excluding carboxylic acids is 1. The van der Waals surface area contributed by atoms with E-state index in [4.69, 9.17) is 26.8 Å². The molecule has 12 heavy (non-hydrogen) atoms. The Balaban J connectivity index is 2.94. The quantitative estimate of drug-likeness (QED) is 0.762. The van der Waals surface area contributed by atoms with Crippen molar-refractivity contribution in [3.05, 3.63) is 35.9 Å². The average Bonchev–Trinajstić information content (AvgIpc) is 2.03. The third-order valence-corrected chi connectivity index (χ3v) is 7.04. The van der Waals surface area contributed by atoms with Crippen LogP contribution in [0.1, 0.15) is 10.4 Å². The molecule has 0 aliphatic rings. The Kier molecular flexibility index (Phi) is 3.71. The first-order chi connectivity index (χ1) is 5.52. The van der Waals surface area contributed by atoms with Crippen LogP contribution < -0.4 is 0 Å². The molecule has 1 aromatic rings. The van der Waals surface area contributed by atoms with Gasteiger partial charge >= 0.3 is 86.2 Å². The second kappa shape index (κ2) is 4.18. The molecule has 1 nitrogen and oxygen atoms in total. The van der Waals surface area contributed by atoms with E-state index in [1.54, 1.807) is 24.3 Å². The number of halogens is 3. The van der Waals surface area contributed by atoms with Gasteiger partial charge in [-0.15, -0.1) is 0 Å². The molecule has 1 rings (SSSR count). The van der Waals surface area contributed by atoms with Crippen LogP contribution in [0.5, 0.6) is 0 Å². The fourth-order valence-corrected chi connectivity index (χ4v) is 4.36. The van der Waals surface area contributed by atoms with Crippen LogP contribution >= 0.6 is 26.8 Å². The number of benzene rings is 1. The average molecular weight is 330 g/mol. The molecule has 5 heteroatoms. The molecule has 0 bridgehead atoms. The maximum absolute atomic E-state index is 11.4. The van der Waals surface area contributed by atoms with Gasteiger partial charge in [-0.3, -0.25) is 0 Å². The van der Waals surface area contributed by atoms with Crippen molar-refractivity contribution in [3.8, 4) is 0 Å². The Bertz CT molecular complexity index is 280. The van der Waals surface area contributed by atoms with Crippen LogP contribution in [0.25, 0.3) is 0 Å². The van der Waals surface area contributed by atoms with Gasteiger partial charge < -0.3 is 0 Å². The van der Waals surface area contributed by atoms with Crippen molar-refractivity contribution in [2.75, 3.05) is 0 Å². The summed E-state index contributed by atoms with van der Waals surface area (Å²) in [4.78, 5) is 11.4. The Morgan fingerprint density at radius 1 is 1.08 bits per heavy atom. The topological polar surface area (TPSA) is 17.1 Å². The molecule has 0 heterocycles. The summed E-state index contributed by atoms with van der Waals surface area (Å²) < 4.78 is -0.296. The molecule has 0 radical (unpaired) electrons. The first-order valence-corrected chi connectivity index (χ1v) is 15.5.